The largest absolute Gasteiger partial charge is 0.289 e. The molecule has 0 spiro atoms. The number of fused-ring (bicyclic) bond motifs is 1. The minimum Gasteiger partial charge on any atom is -0.289 e. The quantitative estimate of drug-likeness (QED) is 0.587. The third kappa shape index (κ3) is 2.97. The number of nitrogens with zero attached hydrogens (tertiary/aromatic N) is 7. The van der Waals surface area contributed by atoms with Crippen molar-refractivity contribution in [3.8, 4) is 0 Å². The fraction of sp³-hybridized carbons (Fsp3) is 0.0556. The predicted octanol–water partition coefficient (Wildman–Crippen LogP) is 2.49. The number of benzene rings is 2. The zero-order chi connectivity index (χ0) is 18.1. The highest BCUT2D eigenvalue weighted by Gasteiger charge is 2.25. The monoisotopic (exact) mass is 374 g/mol. The maximum absolute atomic E-state index is 4.34. The third-order valence-corrected chi connectivity index (χ3v) is 5.23. The van der Waals surface area contributed by atoms with E-state index in [4.69, 9.17) is 0 Å². The lowest BCUT2D eigenvalue weighted by Gasteiger charge is -2.24. The second kappa shape index (κ2) is 6.69. The van der Waals surface area contributed by atoms with Crippen LogP contribution >= 0.6 is 11.8 Å². The summed E-state index contributed by atoms with van der Waals surface area (Å²) in [6.45, 7) is 0.427. The van der Waals surface area contributed by atoms with Crippen molar-refractivity contribution in [2.45, 2.75) is 11.7 Å². The fourth-order valence-corrected chi connectivity index (χ4v) is 3.90. The summed E-state index contributed by atoms with van der Waals surface area (Å²) >= 11 is 1.59. The van der Waals surface area contributed by atoms with E-state index >= 15 is 0 Å². The predicted molar refractivity (Wildman–Crippen MR) is 102 cm³/mol. The number of nitrogens with one attached hydrogen (secondary N) is 1. The van der Waals surface area contributed by atoms with E-state index in [1.54, 1.807) is 22.8 Å². The van der Waals surface area contributed by atoms with Crippen molar-refractivity contribution < 1.29 is 0 Å². The van der Waals surface area contributed by atoms with Crippen LogP contribution in [0, 0.1) is 0 Å². The molecular formula is C18H14N8S. The van der Waals surface area contributed by atoms with Crippen LogP contribution in [0.5, 0.6) is 0 Å². The van der Waals surface area contributed by atoms with Crippen LogP contribution in [0.4, 0.5) is 0 Å². The summed E-state index contributed by atoms with van der Waals surface area (Å²) < 4.78 is 3.50. The van der Waals surface area contributed by atoms with Gasteiger partial charge in [0.1, 0.15) is 12.9 Å². The Morgan fingerprint density at radius 1 is 0.889 bits per heavy atom. The molecule has 2 aromatic carbocycles. The lowest BCUT2D eigenvalue weighted by atomic mass is 10.1. The number of aromatic nitrogens is 7. The smallest absolute Gasteiger partial charge is 0.215 e. The summed E-state index contributed by atoms with van der Waals surface area (Å²) in [4.78, 5) is 1.11. The van der Waals surface area contributed by atoms with Gasteiger partial charge in [0.15, 0.2) is 5.82 Å². The zero-order valence-electron chi connectivity index (χ0n) is 14.1. The molecule has 0 radical (unpaired) electrons. The Labute approximate surface area is 158 Å². The molecule has 3 heterocycles. The van der Waals surface area contributed by atoms with Gasteiger partial charge in [-0.15, -0.1) is 15.3 Å². The highest BCUT2D eigenvalue weighted by atomic mass is 32.2. The number of thioether (sulfide) groups is 1. The molecule has 0 saturated heterocycles. The van der Waals surface area contributed by atoms with E-state index in [9.17, 15) is 0 Å². The third-order valence-electron chi connectivity index (χ3n) is 4.14. The molecular weight excluding hydrogens is 360 g/mol. The standard InChI is InChI=1S/C18H14N8S/c1-3-7-13(8-4-1)16-17(14-9-5-2-6-10-14)27-18-21-20-15(26(18)22-16)11-25-12-19-23-24-25/h1-10,12,22H,11H2. The van der Waals surface area contributed by atoms with Crippen molar-refractivity contribution in [1.82, 2.24) is 35.1 Å². The van der Waals surface area contributed by atoms with Gasteiger partial charge in [0, 0.05) is 10.5 Å². The molecule has 0 unspecified atom stereocenters. The van der Waals surface area contributed by atoms with Crippen molar-refractivity contribution in [2.24, 2.45) is 0 Å². The average molecular weight is 374 g/mol. The minimum absolute atomic E-state index is 0.427. The molecule has 0 aliphatic carbocycles. The highest BCUT2D eigenvalue weighted by Crippen LogP contribution is 2.41. The molecule has 1 aliphatic rings. The Balaban J connectivity index is 1.59. The Kier molecular flexibility index (Phi) is 3.91. The Morgan fingerprint density at radius 2 is 1.63 bits per heavy atom. The molecule has 2 aromatic heterocycles. The number of hydrogen-bond acceptors (Lipinski definition) is 7. The first-order valence-corrected chi connectivity index (χ1v) is 9.15. The van der Waals surface area contributed by atoms with Gasteiger partial charge in [-0.05, 0) is 27.8 Å². The van der Waals surface area contributed by atoms with Crippen LogP contribution in [0.3, 0.4) is 0 Å². The van der Waals surface area contributed by atoms with E-state index in [-0.39, 0.29) is 0 Å². The summed E-state index contributed by atoms with van der Waals surface area (Å²) in [6.07, 6.45) is 1.56. The summed E-state index contributed by atoms with van der Waals surface area (Å²) in [6, 6.07) is 20.5. The van der Waals surface area contributed by atoms with Gasteiger partial charge in [0.25, 0.3) is 0 Å². The Bertz CT molecular complexity index is 1090. The second-order valence-electron chi connectivity index (χ2n) is 5.89. The van der Waals surface area contributed by atoms with Crippen molar-refractivity contribution in [1.29, 1.82) is 0 Å². The van der Waals surface area contributed by atoms with Crippen molar-refractivity contribution in [3.05, 3.63) is 83.9 Å². The first-order chi connectivity index (χ1) is 13.4. The Hall–Kier alpha value is -3.46. The van der Waals surface area contributed by atoms with Crippen LogP contribution < -0.4 is 5.43 Å². The summed E-state index contributed by atoms with van der Waals surface area (Å²) in [5, 5.41) is 20.7. The summed E-state index contributed by atoms with van der Waals surface area (Å²) in [5.41, 5.74) is 6.73. The molecule has 0 bridgehead atoms. The molecule has 8 nitrogen and oxygen atoms in total. The maximum atomic E-state index is 4.34. The van der Waals surface area contributed by atoms with E-state index in [1.165, 1.54) is 0 Å². The van der Waals surface area contributed by atoms with E-state index in [0.717, 1.165) is 32.7 Å². The lowest BCUT2D eigenvalue weighted by Crippen LogP contribution is -2.22. The molecule has 5 rings (SSSR count). The first kappa shape index (κ1) is 15.8. The molecule has 1 aliphatic heterocycles. The topological polar surface area (TPSA) is 86.3 Å². The molecule has 0 amide bonds. The summed E-state index contributed by atoms with van der Waals surface area (Å²) in [5.74, 6) is 0.727. The van der Waals surface area contributed by atoms with E-state index in [0.29, 0.717) is 6.54 Å². The van der Waals surface area contributed by atoms with E-state index in [1.807, 2.05) is 41.1 Å². The molecule has 27 heavy (non-hydrogen) atoms. The van der Waals surface area contributed by atoms with Gasteiger partial charge in [0.05, 0.1) is 5.70 Å². The van der Waals surface area contributed by atoms with Crippen LogP contribution in [-0.4, -0.2) is 35.1 Å². The van der Waals surface area contributed by atoms with Gasteiger partial charge in [0.2, 0.25) is 5.16 Å². The van der Waals surface area contributed by atoms with Gasteiger partial charge < -0.3 is 0 Å². The molecule has 9 heteroatoms. The van der Waals surface area contributed by atoms with Gasteiger partial charge in [-0.25, -0.2) is 9.36 Å². The van der Waals surface area contributed by atoms with E-state index in [2.05, 4.69) is 55.4 Å². The number of tetrazole rings is 1. The minimum atomic E-state index is 0.427. The van der Waals surface area contributed by atoms with Crippen LogP contribution in [-0.2, 0) is 6.54 Å². The van der Waals surface area contributed by atoms with E-state index < -0.39 is 0 Å². The van der Waals surface area contributed by atoms with Gasteiger partial charge >= 0.3 is 0 Å². The highest BCUT2D eigenvalue weighted by molar-refractivity contribution is 8.08. The van der Waals surface area contributed by atoms with Gasteiger partial charge in [-0.1, -0.05) is 60.7 Å². The van der Waals surface area contributed by atoms with Gasteiger partial charge in [-0.3, -0.25) is 5.43 Å². The molecule has 1 N–H and O–H groups in total. The molecule has 0 fully saturated rings. The van der Waals surface area contributed by atoms with Crippen LogP contribution in [0.1, 0.15) is 17.0 Å². The zero-order valence-corrected chi connectivity index (χ0v) is 14.9. The van der Waals surface area contributed by atoms with Crippen LogP contribution in [0.15, 0.2) is 72.1 Å². The van der Waals surface area contributed by atoms with Crippen molar-refractivity contribution >= 4 is 22.4 Å². The first-order valence-electron chi connectivity index (χ1n) is 8.33. The number of hydrogen-bond donors (Lipinski definition) is 1. The van der Waals surface area contributed by atoms with Crippen molar-refractivity contribution in [2.75, 3.05) is 5.43 Å². The Morgan fingerprint density at radius 3 is 2.33 bits per heavy atom. The number of rotatable bonds is 4. The summed E-state index contributed by atoms with van der Waals surface area (Å²) in [7, 11) is 0. The SMILES string of the molecule is c1ccc(C2=C(c3ccccc3)Sc3nnc(Cn4cnnn4)n3N2)cc1. The fourth-order valence-electron chi connectivity index (χ4n) is 2.88. The molecule has 4 aromatic rings. The lowest BCUT2D eigenvalue weighted by molar-refractivity contribution is 0.604. The second-order valence-corrected chi connectivity index (χ2v) is 6.87. The van der Waals surface area contributed by atoms with Gasteiger partial charge in [-0.2, -0.15) is 0 Å². The molecule has 132 valence electrons. The van der Waals surface area contributed by atoms with Crippen molar-refractivity contribution in [3.63, 3.8) is 0 Å². The normalized spacial score (nSPS) is 13.3. The molecule has 0 atom stereocenters. The van der Waals surface area contributed by atoms with Crippen LogP contribution in [0.25, 0.3) is 10.6 Å². The average Bonchev–Trinajstić information content (AvgIpc) is 3.39. The molecule has 0 saturated carbocycles. The maximum Gasteiger partial charge on any atom is 0.215 e. The van der Waals surface area contributed by atoms with Crippen LogP contribution in [0.2, 0.25) is 0 Å².